The normalized spacial score (nSPS) is 11.0. The molecule has 130 valence electrons. The van der Waals surface area contributed by atoms with Crippen LogP contribution in [-0.4, -0.2) is 14.5 Å². The van der Waals surface area contributed by atoms with Gasteiger partial charge in [0.05, 0.1) is 10.7 Å². The fraction of sp³-hybridized carbons (Fsp3) is 0.105. The Morgan fingerprint density at radius 2 is 1.85 bits per heavy atom. The van der Waals surface area contributed by atoms with Crippen LogP contribution in [0.25, 0.3) is 16.0 Å². The zero-order valence-corrected chi connectivity index (χ0v) is 15.7. The van der Waals surface area contributed by atoms with Crippen LogP contribution in [0, 0.1) is 13.8 Å². The second-order valence-electron chi connectivity index (χ2n) is 5.94. The zero-order valence-electron chi connectivity index (χ0n) is 14.2. The van der Waals surface area contributed by atoms with E-state index in [4.69, 9.17) is 11.6 Å². The van der Waals surface area contributed by atoms with Gasteiger partial charge in [0.25, 0.3) is 5.56 Å². The third-order valence-corrected chi connectivity index (χ3v) is 5.39. The Kier molecular flexibility index (Phi) is 4.22. The highest BCUT2D eigenvalue weighted by Crippen LogP contribution is 2.28. The Bertz CT molecular complexity index is 1160. The second-order valence-corrected chi connectivity index (χ2v) is 7.34. The molecule has 2 aromatic carbocycles. The lowest BCUT2D eigenvalue weighted by Crippen LogP contribution is -2.19. The van der Waals surface area contributed by atoms with Gasteiger partial charge in [0.1, 0.15) is 11.0 Å². The minimum absolute atomic E-state index is 0.179. The average Bonchev–Trinajstić information content (AvgIpc) is 3.02. The summed E-state index contributed by atoms with van der Waals surface area (Å²) in [6.07, 6.45) is 1.48. The molecule has 1 N–H and O–H groups in total. The number of para-hydroxylation sites is 2. The lowest BCUT2D eigenvalue weighted by atomic mass is 10.2. The van der Waals surface area contributed by atoms with E-state index in [1.54, 1.807) is 6.07 Å². The molecule has 0 spiro atoms. The first-order chi connectivity index (χ1) is 12.5. The largest absolute Gasteiger partial charge is 0.331 e. The second kappa shape index (κ2) is 6.55. The molecule has 4 rings (SSSR count). The number of aryl methyl sites for hydroxylation is 2. The fourth-order valence-corrected chi connectivity index (χ4v) is 3.96. The highest BCUT2D eigenvalue weighted by atomic mass is 35.5. The molecule has 0 aliphatic rings. The van der Waals surface area contributed by atoms with Crippen LogP contribution in [-0.2, 0) is 0 Å². The van der Waals surface area contributed by atoms with Crippen molar-refractivity contribution >= 4 is 44.1 Å². The van der Waals surface area contributed by atoms with Gasteiger partial charge in [0, 0.05) is 5.69 Å². The first-order valence-corrected chi connectivity index (χ1v) is 9.20. The van der Waals surface area contributed by atoms with Crippen molar-refractivity contribution in [1.82, 2.24) is 14.5 Å². The summed E-state index contributed by atoms with van der Waals surface area (Å²) < 4.78 is 1.97. The van der Waals surface area contributed by atoms with Crippen molar-refractivity contribution in [3.8, 4) is 5.69 Å². The monoisotopic (exact) mass is 382 g/mol. The molecule has 2 aromatic heterocycles. The number of hydrogen-bond donors (Lipinski definition) is 1. The van der Waals surface area contributed by atoms with Crippen LogP contribution < -0.4 is 10.9 Å². The topological polar surface area (TPSA) is 59.8 Å². The molecule has 0 fully saturated rings. The fourth-order valence-electron chi connectivity index (χ4n) is 2.78. The molecule has 0 unspecified atom stereocenters. The van der Waals surface area contributed by atoms with Crippen molar-refractivity contribution < 1.29 is 0 Å². The summed E-state index contributed by atoms with van der Waals surface area (Å²) in [5.41, 5.74) is 3.86. The minimum Gasteiger partial charge on any atom is -0.331 e. The van der Waals surface area contributed by atoms with Crippen LogP contribution >= 0.6 is 22.9 Å². The van der Waals surface area contributed by atoms with Crippen molar-refractivity contribution in [1.29, 1.82) is 0 Å². The highest BCUT2D eigenvalue weighted by molar-refractivity contribution is 7.22. The number of rotatable bonds is 3. The van der Waals surface area contributed by atoms with Crippen LogP contribution in [0.15, 0.2) is 53.6 Å². The van der Waals surface area contributed by atoms with Crippen LogP contribution in [0.2, 0.25) is 5.02 Å². The summed E-state index contributed by atoms with van der Waals surface area (Å²) in [6.45, 7) is 3.93. The Labute approximate surface area is 158 Å². The summed E-state index contributed by atoms with van der Waals surface area (Å²) in [5.74, 6) is 0. The summed E-state index contributed by atoms with van der Waals surface area (Å²) >= 11 is 7.59. The number of anilines is 2. The molecule has 0 bridgehead atoms. The maximum absolute atomic E-state index is 13.0. The minimum atomic E-state index is -0.179. The number of nitrogens with zero attached hydrogens (tertiary/aromatic N) is 3. The van der Waals surface area contributed by atoms with Crippen molar-refractivity contribution in [2.24, 2.45) is 0 Å². The quantitative estimate of drug-likeness (QED) is 0.550. The molecular formula is C19H15ClN4OS. The van der Waals surface area contributed by atoms with Gasteiger partial charge in [-0.15, -0.1) is 0 Å². The molecule has 0 aliphatic heterocycles. The molecule has 0 aliphatic carbocycles. The van der Waals surface area contributed by atoms with E-state index in [1.165, 1.54) is 22.2 Å². The van der Waals surface area contributed by atoms with Gasteiger partial charge in [-0.05, 0) is 37.1 Å². The standard InChI is InChI=1S/C19H15ClN4OS/c1-11-6-3-4-9-14(11)22-19-23-17-16(26-19)18(25)24(10-21-17)15-12(2)7-5-8-13(15)20/h3-10H,1-2H3,(H,22,23). The number of fused-ring (bicyclic) bond motifs is 1. The molecule has 0 saturated carbocycles. The van der Waals surface area contributed by atoms with Gasteiger partial charge in [-0.3, -0.25) is 9.36 Å². The number of thiazole rings is 1. The van der Waals surface area contributed by atoms with Gasteiger partial charge in [-0.1, -0.05) is 53.3 Å². The molecule has 2 heterocycles. The number of hydrogen-bond acceptors (Lipinski definition) is 5. The molecular weight excluding hydrogens is 368 g/mol. The Balaban J connectivity index is 1.82. The van der Waals surface area contributed by atoms with Crippen LogP contribution in [0.5, 0.6) is 0 Å². The molecule has 5 nitrogen and oxygen atoms in total. The van der Waals surface area contributed by atoms with Crippen LogP contribution in [0.1, 0.15) is 11.1 Å². The lowest BCUT2D eigenvalue weighted by molar-refractivity contribution is 0.952. The van der Waals surface area contributed by atoms with Crippen LogP contribution in [0.3, 0.4) is 0 Å². The van der Waals surface area contributed by atoms with E-state index >= 15 is 0 Å². The van der Waals surface area contributed by atoms with Gasteiger partial charge in [-0.2, -0.15) is 4.98 Å². The maximum Gasteiger partial charge on any atom is 0.277 e. The summed E-state index contributed by atoms with van der Waals surface area (Å²) in [4.78, 5) is 21.8. The van der Waals surface area contributed by atoms with Gasteiger partial charge < -0.3 is 5.32 Å². The van der Waals surface area contributed by atoms with Crippen molar-refractivity contribution in [2.45, 2.75) is 13.8 Å². The highest BCUT2D eigenvalue weighted by Gasteiger charge is 2.15. The Morgan fingerprint density at radius 3 is 2.62 bits per heavy atom. The van der Waals surface area contributed by atoms with Gasteiger partial charge in [0.15, 0.2) is 10.8 Å². The van der Waals surface area contributed by atoms with Crippen molar-refractivity contribution in [3.05, 3.63) is 75.3 Å². The number of aromatic nitrogens is 3. The van der Waals surface area contributed by atoms with Crippen molar-refractivity contribution in [2.75, 3.05) is 5.32 Å². The molecule has 0 saturated heterocycles. The van der Waals surface area contributed by atoms with E-state index < -0.39 is 0 Å². The van der Waals surface area contributed by atoms with Gasteiger partial charge >= 0.3 is 0 Å². The van der Waals surface area contributed by atoms with Crippen LogP contribution in [0.4, 0.5) is 10.8 Å². The molecule has 4 aromatic rings. The number of benzene rings is 2. The Hall–Kier alpha value is -2.70. The van der Waals surface area contributed by atoms with E-state index in [0.717, 1.165) is 16.8 Å². The molecule has 26 heavy (non-hydrogen) atoms. The zero-order chi connectivity index (χ0) is 18.3. The third-order valence-electron chi connectivity index (χ3n) is 4.13. The molecule has 7 heteroatoms. The Morgan fingerprint density at radius 1 is 1.08 bits per heavy atom. The van der Waals surface area contributed by atoms with Crippen molar-refractivity contribution in [3.63, 3.8) is 0 Å². The van der Waals surface area contributed by atoms with E-state index in [0.29, 0.717) is 26.2 Å². The summed E-state index contributed by atoms with van der Waals surface area (Å²) in [6, 6.07) is 13.4. The van der Waals surface area contributed by atoms with Gasteiger partial charge in [-0.25, -0.2) is 4.98 Å². The van der Waals surface area contributed by atoms with E-state index in [1.807, 2.05) is 50.2 Å². The SMILES string of the molecule is Cc1ccccc1Nc1nc2ncn(-c3c(C)cccc3Cl)c(=O)c2s1. The summed E-state index contributed by atoms with van der Waals surface area (Å²) in [7, 11) is 0. The average molecular weight is 383 g/mol. The van der Waals surface area contributed by atoms with E-state index in [9.17, 15) is 4.79 Å². The smallest absolute Gasteiger partial charge is 0.277 e. The third kappa shape index (κ3) is 2.87. The van der Waals surface area contributed by atoms with Gasteiger partial charge in [0.2, 0.25) is 0 Å². The summed E-state index contributed by atoms with van der Waals surface area (Å²) in [5, 5.41) is 4.41. The molecule has 0 amide bonds. The predicted octanol–water partition coefficient (Wildman–Crippen LogP) is 4.86. The van der Waals surface area contributed by atoms with E-state index in [2.05, 4.69) is 15.3 Å². The number of nitrogens with one attached hydrogen (secondary N) is 1. The number of halogens is 1. The first-order valence-electron chi connectivity index (χ1n) is 8.01. The predicted molar refractivity (Wildman–Crippen MR) is 107 cm³/mol. The lowest BCUT2D eigenvalue weighted by Gasteiger charge is -2.10. The van der Waals surface area contributed by atoms with E-state index in [-0.39, 0.29) is 5.56 Å². The molecule has 0 radical (unpaired) electrons. The maximum atomic E-state index is 13.0. The first kappa shape index (κ1) is 16.8. The molecule has 0 atom stereocenters.